The minimum atomic E-state index is -0.172. The van der Waals surface area contributed by atoms with Gasteiger partial charge in [0.1, 0.15) is 36.9 Å². The molecule has 0 bridgehead atoms. The minimum Gasteiger partial charge on any atom is -0.491 e. The van der Waals surface area contributed by atoms with Crippen LogP contribution in [-0.4, -0.2) is 50.2 Å². The first kappa shape index (κ1) is 20.4. The number of rotatable bonds is 10. The molecule has 2 heterocycles. The van der Waals surface area contributed by atoms with Crippen LogP contribution in [0.4, 0.5) is 0 Å². The molecule has 2 saturated heterocycles. The second-order valence-electron chi connectivity index (χ2n) is 7.83. The van der Waals surface area contributed by atoms with Gasteiger partial charge >= 0.3 is 0 Å². The highest BCUT2D eigenvalue weighted by Crippen LogP contribution is 2.22. The molecule has 162 valence electrons. The lowest BCUT2D eigenvalue weighted by atomic mass is 9.97. The summed E-state index contributed by atoms with van der Waals surface area (Å²) in [6.07, 6.45) is 0.283. The van der Waals surface area contributed by atoms with E-state index in [1.165, 1.54) is 0 Å². The average molecular weight is 430 g/mol. The summed E-state index contributed by atoms with van der Waals surface area (Å²) in [6, 6.07) is 20.8. The van der Waals surface area contributed by atoms with Gasteiger partial charge in [0.05, 0.1) is 13.2 Å². The number of epoxide rings is 2. The maximum absolute atomic E-state index is 13.0. The van der Waals surface area contributed by atoms with E-state index in [2.05, 4.69) is 0 Å². The quantitative estimate of drug-likeness (QED) is 0.361. The SMILES string of the molecule is O=C(c1cccc(OCC2CO2)c1)c1cccc(C(=O)c2cccc(OCC3CO3)c2)c1. The van der Waals surface area contributed by atoms with E-state index in [1.807, 2.05) is 12.1 Å². The van der Waals surface area contributed by atoms with Crippen molar-refractivity contribution in [1.82, 2.24) is 0 Å². The molecule has 6 heteroatoms. The van der Waals surface area contributed by atoms with Crippen LogP contribution < -0.4 is 9.47 Å². The first-order valence-corrected chi connectivity index (χ1v) is 10.5. The van der Waals surface area contributed by atoms with Crippen LogP contribution in [0.3, 0.4) is 0 Å². The molecule has 2 aliphatic heterocycles. The molecule has 0 radical (unpaired) electrons. The highest BCUT2D eigenvalue weighted by atomic mass is 16.6. The molecule has 0 amide bonds. The Balaban J connectivity index is 1.31. The van der Waals surface area contributed by atoms with Crippen LogP contribution in [0.25, 0.3) is 0 Å². The summed E-state index contributed by atoms with van der Waals surface area (Å²) in [5.41, 5.74) is 1.89. The number of hydrogen-bond acceptors (Lipinski definition) is 6. The Morgan fingerprint density at radius 1 is 0.656 bits per heavy atom. The second kappa shape index (κ2) is 8.94. The molecule has 0 saturated carbocycles. The fraction of sp³-hybridized carbons (Fsp3) is 0.231. The molecular formula is C26H22O6. The number of carbonyl (C=O) groups excluding carboxylic acids is 2. The molecule has 2 fully saturated rings. The summed E-state index contributed by atoms with van der Waals surface area (Å²) in [4.78, 5) is 26.1. The van der Waals surface area contributed by atoms with Crippen LogP contribution in [0, 0.1) is 0 Å². The van der Waals surface area contributed by atoms with Crippen LogP contribution in [0.5, 0.6) is 11.5 Å². The summed E-state index contributed by atoms with van der Waals surface area (Å²) in [7, 11) is 0. The number of carbonyl (C=O) groups is 2. The summed E-state index contributed by atoms with van der Waals surface area (Å²) in [6.45, 7) is 2.36. The number of ether oxygens (including phenoxy) is 4. The van der Waals surface area contributed by atoms with Crippen molar-refractivity contribution < 1.29 is 28.5 Å². The molecule has 0 aromatic heterocycles. The normalized spacial score (nSPS) is 18.6. The predicted octanol–water partition coefficient (Wildman–Crippen LogP) is 3.70. The third-order valence-corrected chi connectivity index (χ3v) is 5.26. The van der Waals surface area contributed by atoms with Gasteiger partial charge in [0.2, 0.25) is 0 Å². The summed E-state index contributed by atoms with van der Waals surface area (Å²) in [5, 5.41) is 0. The van der Waals surface area contributed by atoms with Crippen molar-refractivity contribution in [3.05, 3.63) is 95.1 Å². The average Bonchev–Trinajstić information content (AvgIpc) is 3.76. The molecule has 0 aliphatic carbocycles. The van der Waals surface area contributed by atoms with E-state index in [0.29, 0.717) is 60.2 Å². The van der Waals surface area contributed by atoms with Crippen LogP contribution in [0.2, 0.25) is 0 Å². The molecule has 2 unspecified atom stereocenters. The van der Waals surface area contributed by atoms with Gasteiger partial charge in [-0.25, -0.2) is 0 Å². The zero-order valence-electron chi connectivity index (χ0n) is 17.4. The van der Waals surface area contributed by atoms with Crippen LogP contribution in [-0.2, 0) is 9.47 Å². The van der Waals surface area contributed by atoms with Gasteiger partial charge in [-0.3, -0.25) is 9.59 Å². The molecule has 3 aromatic carbocycles. The van der Waals surface area contributed by atoms with Gasteiger partial charge in [-0.15, -0.1) is 0 Å². The topological polar surface area (TPSA) is 77.7 Å². The first-order valence-electron chi connectivity index (χ1n) is 10.5. The Bertz CT molecular complexity index is 1060. The molecular weight excluding hydrogens is 408 g/mol. The van der Waals surface area contributed by atoms with Gasteiger partial charge in [0, 0.05) is 22.3 Å². The Labute approximate surface area is 185 Å². The van der Waals surface area contributed by atoms with E-state index in [1.54, 1.807) is 60.7 Å². The fourth-order valence-corrected chi connectivity index (χ4v) is 3.30. The Morgan fingerprint density at radius 3 is 1.44 bits per heavy atom. The van der Waals surface area contributed by atoms with Crippen LogP contribution in [0.1, 0.15) is 31.8 Å². The molecule has 6 nitrogen and oxygen atoms in total. The first-order chi connectivity index (χ1) is 15.7. The van der Waals surface area contributed by atoms with Gasteiger partial charge in [0.25, 0.3) is 0 Å². The lowest BCUT2D eigenvalue weighted by molar-refractivity contribution is 0.103. The molecule has 0 N–H and O–H groups in total. The van der Waals surface area contributed by atoms with Crippen molar-refractivity contribution in [3.8, 4) is 11.5 Å². The Morgan fingerprint density at radius 2 is 1.03 bits per heavy atom. The van der Waals surface area contributed by atoms with Gasteiger partial charge in [-0.1, -0.05) is 42.5 Å². The smallest absolute Gasteiger partial charge is 0.193 e. The number of ketones is 2. The van der Waals surface area contributed by atoms with Crippen molar-refractivity contribution in [2.75, 3.05) is 26.4 Å². The Hall–Kier alpha value is -3.48. The standard InChI is InChI=1S/C26H22O6/c27-25(19-6-2-8-21(11-19)29-13-23-15-31-23)17-4-1-5-18(10-17)26(28)20-7-3-9-22(12-20)30-14-24-16-32-24/h1-12,23-24H,13-16H2. The highest BCUT2D eigenvalue weighted by molar-refractivity contribution is 6.13. The zero-order chi connectivity index (χ0) is 21.9. The summed E-state index contributed by atoms with van der Waals surface area (Å²) in [5.74, 6) is 0.891. The zero-order valence-corrected chi connectivity index (χ0v) is 17.4. The summed E-state index contributed by atoms with van der Waals surface area (Å²) < 4.78 is 21.6. The van der Waals surface area contributed by atoms with Crippen molar-refractivity contribution in [1.29, 1.82) is 0 Å². The highest BCUT2D eigenvalue weighted by Gasteiger charge is 2.24. The lowest BCUT2D eigenvalue weighted by Gasteiger charge is -2.09. The van der Waals surface area contributed by atoms with Crippen molar-refractivity contribution in [2.45, 2.75) is 12.2 Å². The lowest BCUT2D eigenvalue weighted by Crippen LogP contribution is -2.08. The minimum absolute atomic E-state index is 0.142. The van der Waals surface area contributed by atoms with Gasteiger partial charge in [0.15, 0.2) is 11.6 Å². The van der Waals surface area contributed by atoms with Crippen LogP contribution >= 0.6 is 0 Å². The fourth-order valence-electron chi connectivity index (χ4n) is 3.30. The van der Waals surface area contributed by atoms with Gasteiger partial charge in [-0.2, -0.15) is 0 Å². The van der Waals surface area contributed by atoms with E-state index in [4.69, 9.17) is 18.9 Å². The summed E-state index contributed by atoms with van der Waals surface area (Å²) >= 11 is 0. The number of benzene rings is 3. The maximum atomic E-state index is 13.0. The monoisotopic (exact) mass is 430 g/mol. The van der Waals surface area contributed by atoms with Gasteiger partial charge in [-0.05, 0) is 30.3 Å². The molecule has 5 rings (SSSR count). The van der Waals surface area contributed by atoms with Gasteiger partial charge < -0.3 is 18.9 Å². The largest absolute Gasteiger partial charge is 0.491 e. The van der Waals surface area contributed by atoms with E-state index in [-0.39, 0.29) is 23.8 Å². The van der Waals surface area contributed by atoms with Crippen LogP contribution in [0.15, 0.2) is 72.8 Å². The van der Waals surface area contributed by atoms with E-state index in [9.17, 15) is 9.59 Å². The third kappa shape index (κ3) is 5.04. The van der Waals surface area contributed by atoms with Crippen molar-refractivity contribution in [2.24, 2.45) is 0 Å². The van der Waals surface area contributed by atoms with E-state index < -0.39 is 0 Å². The maximum Gasteiger partial charge on any atom is 0.193 e. The van der Waals surface area contributed by atoms with E-state index in [0.717, 1.165) is 0 Å². The predicted molar refractivity (Wildman–Crippen MR) is 117 cm³/mol. The second-order valence-corrected chi connectivity index (χ2v) is 7.83. The molecule has 2 atom stereocenters. The molecule has 2 aliphatic rings. The van der Waals surface area contributed by atoms with Crippen molar-refractivity contribution >= 4 is 11.6 Å². The van der Waals surface area contributed by atoms with Crippen molar-refractivity contribution in [3.63, 3.8) is 0 Å². The third-order valence-electron chi connectivity index (χ3n) is 5.26. The molecule has 0 spiro atoms. The van der Waals surface area contributed by atoms with E-state index >= 15 is 0 Å². The molecule has 3 aromatic rings. The Kier molecular flexibility index (Phi) is 5.71. The number of hydrogen-bond donors (Lipinski definition) is 0. The molecule has 32 heavy (non-hydrogen) atoms.